The van der Waals surface area contributed by atoms with Gasteiger partial charge < -0.3 is 4.90 Å². The van der Waals surface area contributed by atoms with Crippen LogP contribution in [-0.2, 0) is 5.41 Å². The van der Waals surface area contributed by atoms with Gasteiger partial charge >= 0.3 is 0 Å². The van der Waals surface area contributed by atoms with Gasteiger partial charge in [-0.05, 0) is 119 Å². The molecule has 1 spiro atoms. The average molecular weight is 659 g/mol. The summed E-state index contributed by atoms with van der Waals surface area (Å²) in [5, 5.41) is 17.4. The zero-order chi connectivity index (χ0) is 34.4. The van der Waals surface area contributed by atoms with Gasteiger partial charge in [0.1, 0.15) is 0 Å². The molecule has 240 valence electrons. The third-order valence-corrected chi connectivity index (χ3v) is 11.4. The van der Waals surface area contributed by atoms with Gasteiger partial charge in [-0.3, -0.25) is 0 Å². The molecular formula is C50H30N2. The Hall–Kier alpha value is -6.95. The predicted molar refractivity (Wildman–Crippen MR) is 215 cm³/mol. The van der Waals surface area contributed by atoms with Crippen molar-refractivity contribution in [2.75, 3.05) is 4.90 Å². The smallest absolute Gasteiger partial charge is 0.0992 e. The highest BCUT2D eigenvalue weighted by Crippen LogP contribution is 2.66. The minimum atomic E-state index is -0.511. The highest BCUT2D eigenvalue weighted by atomic mass is 15.1. The molecule has 9 aromatic carbocycles. The van der Waals surface area contributed by atoms with Crippen LogP contribution in [0.1, 0.15) is 27.8 Å². The summed E-state index contributed by atoms with van der Waals surface area (Å²) in [7, 11) is 0. The molecule has 0 aromatic heterocycles. The van der Waals surface area contributed by atoms with Crippen molar-refractivity contribution in [3.8, 4) is 28.3 Å². The predicted octanol–water partition coefficient (Wildman–Crippen LogP) is 12.8. The van der Waals surface area contributed by atoms with E-state index in [4.69, 9.17) is 0 Å². The second-order valence-electron chi connectivity index (χ2n) is 13.9. The second-order valence-corrected chi connectivity index (χ2v) is 13.9. The van der Waals surface area contributed by atoms with Crippen molar-refractivity contribution in [1.29, 1.82) is 5.26 Å². The van der Waals surface area contributed by atoms with Crippen molar-refractivity contribution in [2.45, 2.75) is 5.41 Å². The molecule has 0 saturated heterocycles. The molecular weight excluding hydrogens is 629 g/mol. The topological polar surface area (TPSA) is 27.0 Å². The lowest BCUT2D eigenvalue weighted by atomic mass is 9.68. The monoisotopic (exact) mass is 658 g/mol. The number of nitriles is 1. The van der Waals surface area contributed by atoms with E-state index in [0.29, 0.717) is 5.56 Å². The first kappa shape index (κ1) is 28.8. The summed E-state index contributed by atoms with van der Waals surface area (Å²) in [6, 6.07) is 68.3. The number of benzene rings is 9. The van der Waals surface area contributed by atoms with Crippen LogP contribution in [0, 0.1) is 11.3 Å². The number of anilines is 3. The van der Waals surface area contributed by atoms with Crippen molar-refractivity contribution in [3.05, 3.63) is 210 Å². The summed E-state index contributed by atoms with van der Waals surface area (Å²) in [5.41, 5.74) is 13.8. The van der Waals surface area contributed by atoms with E-state index in [1.165, 1.54) is 76.8 Å². The van der Waals surface area contributed by atoms with Crippen molar-refractivity contribution in [1.82, 2.24) is 0 Å². The molecule has 0 atom stereocenters. The molecule has 0 saturated carbocycles. The van der Waals surface area contributed by atoms with Gasteiger partial charge in [0.2, 0.25) is 0 Å². The molecule has 0 unspecified atom stereocenters. The van der Waals surface area contributed by atoms with Gasteiger partial charge in [-0.1, -0.05) is 140 Å². The Balaban J connectivity index is 1.28. The van der Waals surface area contributed by atoms with Crippen LogP contribution in [0.2, 0.25) is 0 Å². The fourth-order valence-electron chi connectivity index (χ4n) is 9.52. The summed E-state index contributed by atoms with van der Waals surface area (Å²) in [5.74, 6) is 0. The second kappa shape index (κ2) is 10.8. The molecule has 0 heterocycles. The lowest BCUT2D eigenvalue weighted by Gasteiger charge is -2.33. The highest BCUT2D eigenvalue weighted by Gasteiger charge is 2.53. The molecule has 9 aromatic rings. The maximum Gasteiger partial charge on any atom is 0.0992 e. The van der Waals surface area contributed by atoms with Crippen LogP contribution in [0.25, 0.3) is 54.6 Å². The Bertz CT molecular complexity index is 2940. The Kier molecular flexibility index (Phi) is 5.98. The molecule has 0 bridgehead atoms. The minimum absolute atomic E-state index is 0.511. The zero-order valence-electron chi connectivity index (χ0n) is 28.2. The molecule has 2 aliphatic carbocycles. The van der Waals surface area contributed by atoms with Crippen LogP contribution in [0.15, 0.2) is 182 Å². The van der Waals surface area contributed by atoms with Crippen LogP contribution in [0.3, 0.4) is 0 Å². The zero-order valence-corrected chi connectivity index (χ0v) is 28.2. The first-order chi connectivity index (χ1) is 25.8. The summed E-state index contributed by atoms with van der Waals surface area (Å²) in [4.78, 5) is 2.25. The van der Waals surface area contributed by atoms with Gasteiger partial charge in [-0.2, -0.15) is 5.26 Å². The molecule has 0 radical (unpaired) electrons. The molecule has 2 heteroatoms. The molecule has 2 nitrogen and oxygen atoms in total. The lowest BCUT2D eigenvalue weighted by Crippen LogP contribution is -2.26. The maximum atomic E-state index is 9.79. The first-order valence-electron chi connectivity index (χ1n) is 17.8. The minimum Gasteiger partial charge on any atom is -0.310 e. The van der Waals surface area contributed by atoms with Gasteiger partial charge in [0, 0.05) is 17.1 Å². The average Bonchev–Trinajstić information content (AvgIpc) is 3.69. The van der Waals surface area contributed by atoms with Gasteiger partial charge in [-0.15, -0.1) is 0 Å². The van der Waals surface area contributed by atoms with Crippen LogP contribution in [0.5, 0.6) is 0 Å². The van der Waals surface area contributed by atoms with Crippen molar-refractivity contribution in [3.63, 3.8) is 0 Å². The maximum absolute atomic E-state index is 9.79. The fourth-order valence-corrected chi connectivity index (χ4v) is 9.52. The third-order valence-electron chi connectivity index (χ3n) is 11.4. The molecule has 52 heavy (non-hydrogen) atoms. The molecule has 0 N–H and O–H groups in total. The van der Waals surface area contributed by atoms with Gasteiger partial charge in [0.05, 0.1) is 17.0 Å². The van der Waals surface area contributed by atoms with Crippen molar-refractivity contribution >= 4 is 49.4 Å². The molecule has 0 fully saturated rings. The quantitative estimate of drug-likeness (QED) is 0.177. The Morgan fingerprint density at radius 2 is 1.00 bits per heavy atom. The highest BCUT2D eigenvalue weighted by molar-refractivity contribution is 6.21. The fraction of sp³-hybridized carbons (Fsp3) is 0.0200. The van der Waals surface area contributed by atoms with Crippen LogP contribution in [0.4, 0.5) is 17.1 Å². The van der Waals surface area contributed by atoms with E-state index in [0.717, 1.165) is 17.1 Å². The number of fused-ring (bicyclic) bond motifs is 17. The van der Waals surface area contributed by atoms with Gasteiger partial charge in [0.25, 0.3) is 0 Å². The van der Waals surface area contributed by atoms with E-state index in [-0.39, 0.29) is 0 Å². The third kappa shape index (κ3) is 3.72. The number of rotatable bonds is 3. The Morgan fingerprint density at radius 3 is 1.73 bits per heavy atom. The van der Waals surface area contributed by atoms with E-state index >= 15 is 0 Å². The molecule has 0 aliphatic heterocycles. The summed E-state index contributed by atoms with van der Waals surface area (Å²) < 4.78 is 0. The number of hydrogen-bond donors (Lipinski definition) is 0. The SMILES string of the molecule is N#Cc1cccc(N(c2ccccc2)c2ccc3c4c(ccc3c2)-c2c(c3ccccc3c3ccccc23)C42c3ccccc3-c3ccccc32)c1. The van der Waals surface area contributed by atoms with E-state index in [9.17, 15) is 5.26 Å². The first-order valence-corrected chi connectivity index (χ1v) is 17.8. The standard InChI is InChI=1S/C50H30N2/c51-31-32-13-12-16-35(29-32)52(34-14-2-1-3-15-34)36-26-28-37-33(30-36)25-27-44-47-42-21-6-4-17-38(42)39-18-5-7-22-43(39)49(47)50(48(37)44)45-23-10-8-19-40(45)41-20-9-11-24-46(41)50/h1-30H. The summed E-state index contributed by atoms with van der Waals surface area (Å²) in [6.07, 6.45) is 0. The van der Waals surface area contributed by atoms with Crippen LogP contribution >= 0.6 is 0 Å². The van der Waals surface area contributed by atoms with E-state index < -0.39 is 5.41 Å². The van der Waals surface area contributed by atoms with Crippen molar-refractivity contribution in [2.24, 2.45) is 0 Å². The van der Waals surface area contributed by atoms with Crippen LogP contribution in [-0.4, -0.2) is 0 Å². The number of hydrogen-bond acceptors (Lipinski definition) is 2. The normalized spacial score (nSPS) is 13.1. The largest absolute Gasteiger partial charge is 0.310 e. The van der Waals surface area contributed by atoms with E-state index in [1.807, 2.05) is 24.3 Å². The van der Waals surface area contributed by atoms with Crippen molar-refractivity contribution < 1.29 is 0 Å². The van der Waals surface area contributed by atoms with E-state index in [1.54, 1.807) is 0 Å². The molecule has 2 aliphatic rings. The summed E-state index contributed by atoms with van der Waals surface area (Å²) >= 11 is 0. The lowest BCUT2D eigenvalue weighted by molar-refractivity contribution is 0.809. The Labute approximate surface area is 302 Å². The Morgan fingerprint density at radius 1 is 0.404 bits per heavy atom. The summed E-state index contributed by atoms with van der Waals surface area (Å²) in [6.45, 7) is 0. The number of para-hydroxylation sites is 1. The van der Waals surface area contributed by atoms with Crippen LogP contribution < -0.4 is 4.90 Å². The van der Waals surface area contributed by atoms with Gasteiger partial charge in [-0.25, -0.2) is 0 Å². The number of nitrogens with zero attached hydrogens (tertiary/aromatic N) is 2. The molecule has 11 rings (SSSR count). The molecule has 0 amide bonds. The van der Waals surface area contributed by atoms with Gasteiger partial charge in [0.15, 0.2) is 0 Å². The van der Waals surface area contributed by atoms with E-state index in [2.05, 4.69) is 169 Å².